The Morgan fingerprint density at radius 2 is 1.80 bits per heavy atom. The van der Waals surface area contributed by atoms with E-state index in [4.69, 9.17) is 0 Å². The number of hydrogen-bond donors (Lipinski definition) is 1. The van der Waals surface area contributed by atoms with Crippen LogP contribution in [-0.4, -0.2) is 42.8 Å². The Balaban J connectivity index is 1.61. The first-order chi connectivity index (χ1) is 9.35. The fourth-order valence-corrected chi connectivity index (χ4v) is 3.77. The molecule has 2 heterocycles. The molecule has 3 atom stereocenters. The minimum Gasteiger partial charge on any atom is -0.314 e. The number of rotatable bonds is 6. The van der Waals surface area contributed by atoms with Crippen LogP contribution in [0, 0.1) is 5.92 Å². The van der Waals surface area contributed by atoms with Crippen molar-refractivity contribution < 1.29 is 13.2 Å². The van der Waals surface area contributed by atoms with Crippen LogP contribution < -0.4 is 5.32 Å². The highest BCUT2D eigenvalue weighted by Gasteiger charge is 2.38. The van der Waals surface area contributed by atoms with Crippen LogP contribution in [-0.2, 0) is 0 Å². The average molecular weight is 292 g/mol. The van der Waals surface area contributed by atoms with E-state index in [1.807, 2.05) is 6.92 Å². The van der Waals surface area contributed by atoms with Crippen LogP contribution in [0.25, 0.3) is 0 Å². The Morgan fingerprint density at radius 1 is 1.20 bits per heavy atom. The fourth-order valence-electron chi connectivity index (χ4n) is 3.77. The molecule has 5 heteroatoms. The second kappa shape index (κ2) is 6.65. The Hall–Kier alpha value is -0.290. The molecule has 0 radical (unpaired) electrons. The van der Waals surface area contributed by atoms with E-state index < -0.39 is 12.6 Å². The summed E-state index contributed by atoms with van der Waals surface area (Å²) in [6, 6.07) is 1.66. The predicted octanol–water partition coefficient (Wildman–Crippen LogP) is 3.57. The second-order valence-corrected chi connectivity index (χ2v) is 6.70. The lowest BCUT2D eigenvalue weighted by Crippen LogP contribution is -2.43. The van der Waals surface area contributed by atoms with Gasteiger partial charge in [0, 0.05) is 24.5 Å². The molecule has 2 bridgehead atoms. The van der Waals surface area contributed by atoms with Gasteiger partial charge < -0.3 is 10.2 Å². The molecule has 3 unspecified atom stereocenters. The first-order valence-electron chi connectivity index (χ1n) is 7.87. The van der Waals surface area contributed by atoms with Gasteiger partial charge in [0.2, 0.25) is 0 Å². The molecule has 2 aliphatic rings. The van der Waals surface area contributed by atoms with Crippen LogP contribution in [0.5, 0.6) is 0 Å². The molecule has 0 spiro atoms. The Morgan fingerprint density at radius 3 is 2.35 bits per heavy atom. The number of nitrogens with zero attached hydrogens (tertiary/aromatic N) is 1. The van der Waals surface area contributed by atoms with Crippen LogP contribution in [0.15, 0.2) is 0 Å². The molecule has 118 valence electrons. The average Bonchev–Trinajstić information content (AvgIpc) is 2.59. The summed E-state index contributed by atoms with van der Waals surface area (Å²) in [5.74, 6) is 0.703. The monoisotopic (exact) mass is 292 g/mol. The van der Waals surface area contributed by atoms with Crippen molar-refractivity contribution >= 4 is 0 Å². The van der Waals surface area contributed by atoms with Crippen LogP contribution in [0.3, 0.4) is 0 Å². The quantitative estimate of drug-likeness (QED) is 0.805. The molecule has 2 nitrogen and oxygen atoms in total. The molecule has 0 aromatic heterocycles. The standard InChI is InChI=1S/C15H27F3N2/c1-11(4-3-7-15(16,17)18)19-10-12-8-13-5-6-14(9-12)20(13)2/h11-14,19H,3-10H2,1-2H3. The van der Waals surface area contributed by atoms with E-state index in [1.54, 1.807) is 0 Å². The number of fused-ring (bicyclic) bond motifs is 2. The minimum atomic E-state index is -4.01. The van der Waals surface area contributed by atoms with Gasteiger partial charge in [-0.25, -0.2) is 0 Å². The van der Waals surface area contributed by atoms with E-state index in [-0.39, 0.29) is 12.5 Å². The second-order valence-electron chi connectivity index (χ2n) is 6.70. The molecular weight excluding hydrogens is 265 g/mol. The van der Waals surface area contributed by atoms with Crippen molar-refractivity contribution in [2.75, 3.05) is 13.6 Å². The molecule has 2 saturated heterocycles. The third-order valence-electron chi connectivity index (χ3n) is 5.05. The lowest BCUT2D eigenvalue weighted by molar-refractivity contribution is -0.135. The number of alkyl halides is 3. The van der Waals surface area contributed by atoms with E-state index in [1.165, 1.54) is 25.7 Å². The van der Waals surface area contributed by atoms with Crippen molar-refractivity contribution in [1.29, 1.82) is 0 Å². The van der Waals surface area contributed by atoms with Gasteiger partial charge in [-0.3, -0.25) is 0 Å². The van der Waals surface area contributed by atoms with Crippen molar-refractivity contribution in [1.82, 2.24) is 10.2 Å². The Bertz CT molecular complexity index is 292. The zero-order chi connectivity index (χ0) is 14.8. The van der Waals surface area contributed by atoms with E-state index in [2.05, 4.69) is 17.3 Å². The van der Waals surface area contributed by atoms with E-state index in [0.29, 0.717) is 12.3 Å². The van der Waals surface area contributed by atoms with Gasteiger partial charge in [0.05, 0.1) is 0 Å². The SMILES string of the molecule is CC(CCCC(F)(F)F)NCC1CC2CCC(C1)N2C. The van der Waals surface area contributed by atoms with Gasteiger partial charge in [-0.15, -0.1) is 0 Å². The molecule has 0 aromatic carbocycles. The first kappa shape index (κ1) is 16.1. The summed E-state index contributed by atoms with van der Waals surface area (Å²) >= 11 is 0. The van der Waals surface area contributed by atoms with Crippen molar-refractivity contribution in [3.05, 3.63) is 0 Å². The van der Waals surface area contributed by atoms with E-state index in [0.717, 1.165) is 18.6 Å². The predicted molar refractivity (Wildman–Crippen MR) is 74.7 cm³/mol. The van der Waals surface area contributed by atoms with Gasteiger partial charge in [0.1, 0.15) is 0 Å². The molecule has 0 saturated carbocycles. The molecule has 20 heavy (non-hydrogen) atoms. The molecule has 0 aromatic rings. The zero-order valence-electron chi connectivity index (χ0n) is 12.5. The maximum absolute atomic E-state index is 12.1. The molecule has 0 amide bonds. The van der Waals surface area contributed by atoms with Crippen molar-refractivity contribution in [3.8, 4) is 0 Å². The highest BCUT2D eigenvalue weighted by molar-refractivity contribution is 4.93. The van der Waals surface area contributed by atoms with Gasteiger partial charge in [-0.1, -0.05) is 0 Å². The molecule has 1 N–H and O–H groups in total. The van der Waals surface area contributed by atoms with E-state index >= 15 is 0 Å². The summed E-state index contributed by atoms with van der Waals surface area (Å²) in [6.07, 6.45) is 1.31. The zero-order valence-corrected chi connectivity index (χ0v) is 12.5. The summed E-state index contributed by atoms with van der Waals surface area (Å²) < 4.78 is 36.3. The van der Waals surface area contributed by atoms with E-state index in [9.17, 15) is 13.2 Å². The van der Waals surface area contributed by atoms with Gasteiger partial charge in [-0.2, -0.15) is 13.2 Å². The lowest BCUT2D eigenvalue weighted by atomic mass is 9.91. The van der Waals surface area contributed by atoms with Gasteiger partial charge in [0.25, 0.3) is 0 Å². The Labute approximate surface area is 120 Å². The van der Waals surface area contributed by atoms with Crippen LogP contribution in [0.1, 0.15) is 51.9 Å². The summed E-state index contributed by atoms with van der Waals surface area (Å²) in [5, 5.41) is 3.44. The largest absolute Gasteiger partial charge is 0.389 e. The fraction of sp³-hybridized carbons (Fsp3) is 1.00. The van der Waals surface area contributed by atoms with Gasteiger partial charge in [0.15, 0.2) is 0 Å². The smallest absolute Gasteiger partial charge is 0.314 e. The lowest BCUT2D eigenvalue weighted by Gasteiger charge is -2.36. The minimum absolute atomic E-state index is 0.189. The number of nitrogens with one attached hydrogen (secondary N) is 1. The Kier molecular flexibility index (Phi) is 5.35. The van der Waals surface area contributed by atoms with Gasteiger partial charge in [-0.05, 0) is 65.0 Å². The maximum atomic E-state index is 12.1. The molecule has 2 rings (SSSR count). The number of halogens is 3. The highest BCUT2D eigenvalue weighted by atomic mass is 19.4. The van der Waals surface area contributed by atoms with Crippen LogP contribution >= 0.6 is 0 Å². The third kappa shape index (κ3) is 4.62. The maximum Gasteiger partial charge on any atom is 0.389 e. The highest BCUT2D eigenvalue weighted by Crippen LogP contribution is 2.37. The normalized spacial score (nSPS) is 32.5. The number of hydrogen-bond acceptors (Lipinski definition) is 2. The van der Waals surface area contributed by atoms with Crippen LogP contribution in [0.4, 0.5) is 13.2 Å². The van der Waals surface area contributed by atoms with Crippen LogP contribution in [0.2, 0.25) is 0 Å². The van der Waals surface area contributed by atoms with Crippen molar-refractivity contribution in [2.45, 2.75) is 76.2 Å². The molecular formula is C15H27F3N2. The molecule has 2 aliphatic heterocycles. The van der Waals surface area contributed by atoms with Crippen molar-refractivity contribution in [3.63, 3.8) is 0 Å². The third-order valence-corrected chi connectivity index (χ3v) is 5.05. The molecule has 2 fully saturated rings. The molecule has 0 aliphatic carbocycles. The number of piperidine rings is 1. The van der Waals surface area contributed by atoms with Gasteiger partial charge >= 0.3 is 6.18 Å². The summed E-state index contributed by atoms with van der Waals surface area (Å²) in [7, 11) is 2.23. The van der Waals surface area contributed by atoms with Crippen molar-refractivity contribution in [2.24, 2.45) is 5.92 Å². The summed E-state index contributed by atoms with van der Waals surface area (Å²) in [4.78, 5) is 2.52. The first-order valence-corrected chi connectivity index (χ1v) is 7.87. The summed E-state index contributed by atoms with van der Waals surface area (Å²) in [5.41, 5.74) is 0. The topological polar surface area (TPSA) is 15.3 Å². The summed E-state index contributed by atoms with van der Waals surface area (Å²) in [6.45, 7) is 2.97.